The molecule has 0 aliphatic carbocycles. The van der Waals surface area contributed by atoms with Crippen molar-refractivity contribution in [1.29, 1.82) is 0 Å². The zero-order valence-corrected chi connectivity index (χ0v) is 10.1. The number of aliphatic hydroxyl groups excluding tert-OH is 1. The van der Waals surface area contributed by atoms with E-state index in [1.165, 1.54) is 6.07 Å². The van der Waals surface area contributed by atoms with E-state index >= 15 is 0 Å². The second-order valence-corrected chi connectivity index (χ2v) is 4.12. The van der Waals surface area contributed by atoms with Gasteiger partial charge in [0, 0.05) is 31.4 Å². The second-order valence-electron chi connectivity index (χ2n) is 4.12. The monoisotopic (exact) mass is 226 g/mol. The zero-order valence-electron chi connectivity index (χ0n) is 10.1. The maximum Gasteiger partial charge on any atom is 0.130 e. The molecule has 0 atom stereocenters. The molecule has 90 valence electrons. The Kier molecular flexibility index (Phi) is 4.71. The molecule has 0 saturated carbocycles. The van der Waals surface area contributed by atoms with Crippen LogP contribution in [0.3, 0.4) is 0 Å². The SMILES string of the molecule is CN(C)CCN(C)c1cccc(F)c1CO. The van der Waals surface area contributed by atoms with Crippen molar-refractivity contribution in [1.82, 2.24) is 4.90 Å². The van der Waals surface area contributed by atoms with E-state index < -0.39 is 0 Å². The molecule has 1 aromatic carbocycles. The Morgan fingerprint density at radius 3 is 2.44 bits per heavy atom. The zero-order chi connectivity index (χ0) is 12.1. The number of anilines is 1. The highest BCUT2D eigenvalue weighted by Gasteiger charge is 2.10. The quantitative estimate of drug-likeness (QED) is 0.820. The fourth-order valence-electron chi connectivity index (χ4n) is 1.53. The van der Waals surface area contributed by atoms with Gasteiger partial charge >= 0.3 is 0 Å². The minimum absolute atomic E-state index is 0.270. The summed E-state index contributed by atoms with van der Waals surface area (Å²) < 4.78 is 13.4. The number of hydrogen-bond acceptors (Lipinski definition) is 3. The first-order chi connectivity index (χ1) is 7.56. The van der Waals surface area contributed by atoms with Crippen molar-refractivity contribution >= 4 is 5.69 Å². The molecule has 0 amide bonds. The lowest BCUT2D eigenvalue weighted by Gasteiger charge is -2.23. The number of likely N-dealkylation sites (N-methyl/N-ethyl adjacent to an activating group) is 2. The number of hydrogen-bond donors (Lipinski definition) is 1. The lowest BCUT2D eigenvalue weighted by molar-refractivity contribution is 0.276. The summed E-state index contributed by atoms with van der Waals surface area (Å²) in [4.78, 5) is 4.02. The summed E-state index contributed by atoms with van der Waals surface area (Å²) in [5.41, 5.74) is 1.12. The summed E-state index contributed by atoms with van der Waals surface area (Å²) in [5.74, 6) is -0.350. The number of benzene rings is 1. The molecule has 0 unspecified atom stereocenters. The third-order valence-corrected chi connectivity index (χ3v) is 2.55. The molecule has 0 aliphatic heterocycles. The van der Waals surface area contributed by atoms with E-state index in [0.29, 0.717) is 5.56 Å². The van der Waals surface area contributed by atoms with Crippen LogP contribution in [0.25, 0.3) is 0 Å². The van der Waals surface area contributed by atoms with Crippen LogP contribution < -0.4 is 4.90 Å². The van der Waals surface area contributed by atoms with Crippen molar-refractivity contribution in [3.8, 4) is 0 Å². The van der Waals surface area contributed by atoms with Crippen LogP contribution in [-0.2, 0) is 6.61 Å². The molecular formula is C12H19FN2O. The summed E-state index contributed by atoms with van der Waals surface area (Å²) in [5, 5.41) is 9.15. The molecule has 0 spiro atoms. The first-order valence-electron chi connectivity index (χ1n) is 5.30. The Labute approximate surface area is 96.1 Å². The van der Waals surface area contributed by atoms with Crippen LogP contribution in [0.2, 0.25) is 0 Å². The van der Waals surface area contributed by atoms with Gasteiger partial charge < -0.3 is 14.9 Å². The molecule has 16 heavy (non-hydrogen) atoms. The van der Waals surface area contributed by atoms with E-state index in [-0.39, 0.29) is 12.4 Å². The van der Waals surface area contributed by atoms with Crippen molar-refractivity contribution in [2.24, 2.45) is 0 Å². The summed E-state index contributed by atoms with van der Waals surface area (Å²) >= 11 is 0. The van der Waals surface area contributed by atoms with Gasteiger partial charge in [0.25, 0.3) is 0 Å². The topological polar surface area (TPSA) is 26.7 Å². The fourth-order valence-corrected chi connectivity index (χ4v) is 1.53. The molecular weight excluding hydrogens is 207 g/mol. The van der Waals surface area contributed by atoms with Gasteiger partial charge in [0.1, 0.15) is 5.82 Å². The lowest BCUT2D eigenvalue weighted by Crippen LogP contribution is -2.29. The average molecular weight is 226 g/mol. The Balaban J connectivity index is 2.82. The third-order valence-electron chi connectivity index (χ3n) is 2.55. The number of rotatable bonds is 5. The first kappa shape index (κ1) is 12.9. The molecule has 0 aromatic heterocycles. The highest BCUT2D eigenvalue weighted by atomic mass is 19.1. The van der Waals surface area contributed by atoms with Crippen molar-refractivity contribution in [2.75, 3.05) is 39.1 Å². The maximum atomic E-state index is 13.4. The van der Waals surface area contributed by atoms with Gasteiger partial charge in [-0.15, -0.1) is 0 Å². The van der Waals surface area contributed by atoms with Gasteiger partial charge in [-0.25, -0.2) is 4.39 Å². The Hall–Kier alpha value is -1.13. The summed E-state index contributed by atoms with van der Waals surface area (Å²) in [7, 11) is 5.89. The van der Waals surface area contributed by atoms with Crippen molar-refractivity contribution in [3.05, 3.63) is 29.6 Å². The minimum atomic E-state index is -0.350. The molecule has 4 heteroatoms. The number of aliphatic hydroxyl groups is 1. The normalized spacial score (nSPS) is 10.9. The Bertz CT molecular complexity index is 342. The molecule has 1 N–H and O–H groups in total. The van der Waals surface area contributed by atoms with Crippen LogP contribution in [0.5, 0.6) is 0 Å². The van der Waals surface area contributed by atoms with Crippen LogP contribution in [0, 0.1) is 5.82 Å². The Morgan fingerprint density at radius 2 is 1.88 bits per heavy atom. The lowest BCUT2D eigenvalue weighted by atomic mass is 10.1. The molecule has 3 nitrogen and oxygen atoms in total. The maximum absolute atomic E-state index is 13.4. The van der Waals surface area contributed by atoms with Gasteiger partial charge in [0.15, 0.2) is 0 Å². The van der Waals surface area contributed by atoms with Crippen LogP contribution in [-0.4, -0.2) is 44.2 Å². The number of nitrogens with zero attached hydrogens (tertiary/aromatic N) is 2. The largest absolute Gasteiger partial charge is 0.391 e. The second kappa shape index (κ2) is 5.82. The predicted octanol–water partition coefficient (Wildman–Crippen LogP) is 1.32. The fraction of sp³-hybridized carbons (Fsp3) is 0.500. The van der Waals surface area contributed by atoms with Crippen molar-refractivity contribution in [2.45, 2.75) is 6.61 Å². The predicted molar refractivity (Wildman–Crippen MR) is 64.1 cm³/mol. The highest BCUT2D eigenvalue weighted by molar-refractivity contribution is 5.53. The van der Waals surface area contributed by atoms with Gasteiger partial charge in [-0.1, -0.05) is 6.07 Å². The van der Waals surface area contributed by atoms with Crippen LogP contribution >= 0.6 is 0 Å². The van der Waals surface area contributed by atoms with Crippen LogP contribution in [0.15, 0.2) is 18.2 Å². The summed E-state index contributed by atoms with van der Waals surface area (Å²) in [6.45, 7) is 1.41. The van der Waals surface area contributed by atoms with Gasteiger partial charge in [-0.2, -0.15) is 0 Å². The van der Waals surface area contributed by atoms with Gasteiger partial charge in [-0.05, 0) is 26.2 Å². The first-order valence-corrected chi connectivity index (χ1v) is 5.30. The molecule has 0 radical (unpaired) electrons. The molecule has 1 aromatic rings. The smallest absolute Gasteiger partial charge is 0.130 e. The molecule has 0 aliphatic rings. The standard InChI is InChI=1S/C12H19FN2O/c1-14(2)7-8-15(3)12-6-4-5-11(13)10(12)9-16/h4-6,16H,7-9H2,1-3H3. The van der Waals surface area contributed by atoms with Gasteiger partial charge in [0.2, 0.25) is 0 Å². The van der Waals surface area contributed by atoms with E-state index in [0.717, 1.165) is 18.8 Å². The summed E-state index contributed by atoms with van der Waals surface area (Å²) in [6.07, 6.45) is 0. The van der Waals surface area contributed by atoms with E-state index in [2.05, 4.69) is 4.90 Å². The molecule has 0 heterocycles. The van der Waals surface area contributed by atoms with E-state index in [1.54, 1.807) is 6.07 Å². The van der Waals surface area contributed by atoms with E-state index in [4.69, 9.17) is 5.11 Å². The molecule has 1 rings (SSSR count). The highest BCUT2D eigenvalue weighted by Crippen LogP contribution is 2.21. The van der Waals surface area contributed by atoms with Crippen LogP contribution in [0.1, 0.15) is 5.56 Å². The minimum Gasteiger partial charge on any atom is -0.391 e. The Morgan fingerprint density at radius 1 is 1.19 bits per heavy atom. The number of halogens is 1. The van der Waals surface area contributed by atoms with Crippen LogP contribution in [0.4, 0.5) is 10.1 Å². The van der Waals surface area contributed by atoms with Gasteiger partial charge in [-0.3, -0.25) is 0 Å². The van der Waals surface area contributed by atoms with E-state index in [9.17, 15) is 4.39 Å². The summed E-state index contributed by atoms with van der Waals surface area (Å²) in [6, 6.07) is 4.86. The average Bonchev–Trinajstić information content (AvgIpc) is 2.25. The third kappa shape index (κ3) is 3.18. The molecule has 0 bridgehead atoms. The van der Waals surface area contributed by atoms with Gasteiger partial charge in [0.05, 0.1) is 6.61 Å². The molecule has 0 saturated heterocycles. The van der Waals surface area contributed by atoms with Crippen molar-refractivity contribution in [3.63, 3.8) is 0 Å². The van der Waals surface area contributed by atoms with E-state index in [1.807, 2.05) is 32.1 Å². The molecule has 0 fully saturated rings. The van der Waals surface area contributed by atoms with Crippen molar-refractivity contribution < 1.29 is 9.50 Å².